The molecule has 5 heteroatoms. The molecule has 0 saturated heterocycles. The van der Waals surface area contributed by atoms with Crippen molar-refractivity contribution in [2.45, 2.75) is 39.0 Å². The van der Waals surface area contributed by atoms with Gasteiger partial charge in [-0.15, -0.1) is 0 Å². The number of benzene rings is 2. The van der Waals surface area contributed by atoms with Gasteiger partial charge in [-0.05, 0) is 61.9 Å². The van der Waals surface area contributed by atoms with Crippen LogP contribution in [0.15, 0.2) is 64.7 Å². The predicted molar refractivity (Wildman–Crippen MR) is 108 cm³/mol. The molecule has 4 nitrogen and oxygen atoms in total. The number of nitrogens with zero attached hydrogens (tertiary/aromatic N) is 1. The topological polar surface area (TPSA) is 61.7 Å². The lowest BCUT2D eigenvalue weighted by molar-refractivity contribution is -0.135. The highest BCUT2D eigenvalue weighted by molar-refractivity contribution is 6.14. The Morgan fingerprint density at radius 1 is 1.14 bits per heavy atom. The number of hydrogen-bond donors (Lipinski definition) is 2. The van der Waals surface area contributed by atoms with E-state index in [1.54, 1.807) is 19.1 Å². The van der Waals surface area contributed by atoms with Crippen LogP contribution in [0.2, 0.25) is 0 Å². The number of carbonyl (C=O) groups is 1. The van der Waals surface area contributed by atoms with Crippen LogP contribution in [0.5, 0.6) is 0 Å². The Morgan fingerprint density at radius 3 is 2.50 bits per heavy atom. The van der Waals surface area contributed by atoms with Crippen molar-refractivity contribution >= 4 is 11.6 Å². The third-order valence-electron chi connectivity index (χ3n) is 5.53. The fraction of sp³-hybridized carbons (Fsp3) is 0.304. The van der Waals surface area contributed by atoms with Gasteiger partial charge in [0.25, 0.3) is 5.91 Å². The van der Waals surface area contributed by atoms with Gasteiger partial charge in [0, 0.05) is 6.54 Å². The van der Waals surface area contributed by atoms with Crippen LogP contribution in [0.3, 0.4) is 0 Å². The lowest BCUT2D eigenvalue weighted by Crippen LogP contribution is -2.42. The first-order valence-electron chi connectivity index (χ1n) is 9.43. The van der Waals surface area contributed by atoms with Gasteiger partial charge in [0.2, 0.25) is 0 Å². The summed E-state index contributed by atoms with van der Waals surface area (Å²) < 4.78 is 14.3. The van der Waals surface area contributed by atoms with Crippen molar-refractivity contribution in [3.63, 3.8) is 0 Å². The first kappa shape index (κ1) is 20.0. The zero-order valence-electron chi connectivity index (χ0n) is 16.4. The van der Waals surface area contributed by atoms with E-state index in [1.807, 2.05) is 49.7 Å². The van der Waals surface area contributed by atoms with Crippen LogP contribution in [0.25, 0.3) is 0 Å². The fourth-order valence-electron chi connectivity index (χ4n) is 4.18. The maximum Gasteiger partial charge on any atom is 0.254 e. The second-order valence-corrected chi connectivity index (χ2v) is 7.24. The molecule has 1 atom stereocenters. The molecule has 0 heterocycles. The van der Waals surface area contributed by atoms with Crippen LogP contribution >= 0.6 is 0 Å². The average Bonchev–Trinajstić information content (AvgIpc) is 3.06. The van der Waals surface area contributed by atoms with Gasteiger partial charge in [-0.3, -0.25) is 15.0 Å². The summed E-state index contributed by atoms with van der Waals surface area (Å²) >= 11 is 0. The van der Waals surface area contributed by atoms with Crippen LogP contribution in [-0.2, 0) is 10.2 Å². The average molecular weight is 380 g/mol. The monoisotopic (exact) mass is 380 g/mol. The molecule has 0 fully saturated rings. The quantitative estimate of drug-likeness (QED) is 0.456. The summed E-state index contributed by atoms with van der Waals surface area (Å²) in [6, 6.07) is 14.6. The molecule has 0 radical (unpaired) electrons. The first-order valence-corrected chi connectivity index (χ1v) is 9.43. The number of rotatable bonds is 5. The molecule has 0 bridgehead atoms. The largest absolute Gasteiger partial charge is 0.289 e. The van der Waals surface area contributed by atoms with E-state index in [0.717, 1.165) is 22.4 Å². The normalized spacial score (nSPS) is 19.8. The van der Waals surface area contributed by atoms with Crippen LogP contribution < -0.4 is 5.48 Å². The van der Waals surface area contributed by atoms with Gasteiger partial charge in [0.1, 0.15) is 5.82 Å². The standard InChI is InChI=1S/C23H25FN2O2/c1-4-25-21(17-9-6-5-7-10-17)18-14-23(13-15(18)2,22(27)26-28)19-11-8-12-20(24)16(19)3/h5-12,28H,4,13-14H2,1-3H3,(H,26,27)/t23-/m0/s1. The molecule has 0 aliphatic heterocycles. The Labute approximate surface area is 164 Å². The van der Waals surface area contributed by atoms with Gasteiger partial charge in [-0.1, -0.05) is 48.0 Å². The minimum absolute atomic E-state index is 0.350. The van der Waals surface area contributed by atoms with E-state index in [4.69, 9.17) is 4.99 Å². The highest BCUT2D eigenvalue weighted by atomic mass is 19.1. The van der Waals surface area contributed by atoms with Crippen molar-refractivity contribution in [1.82, 2.24) is 5.48 Å². The van der Waals surface area contributed by atoms with Crippen molar-refractivity contribution in [3.8, 4) is 0 Å². The lowest BCUT2D eigenvalue weighted by Gasteiger charge is -2.29. The van der Waals surface area contributed by atoms with Crippen molar-refractivity contribution in [1.29, 1.82) is 0 Å². The molecule has 3 rings (SSSR count). The van der Waals surface area contributed by atoms with Gasteiger partial charge < -0.3 is 0 Å². The van der Waals surface area contributed by atoms with Crippen molar-refractivity contribution in [2.24, 2.45) is 4.99 Å². The molecule has 2 aromatic carbocycles. The minimum Gasteiger partial charge on any atom is -0.289 e. The minimum atomic E-state index is -1.07. The summed E-state index contributed by atoms with van der Waals surface area (Å²) in [7, 11) is 0. The Hall–Kier alpha value is -2.79. The maximum atomic E-state index is 14.3. The number of hydrogen-bond acceptors (Lipinski definition) is 3. The van der Waals surface area contributed by atoms with Crippen LogP contribution in [0.4, 0.5) is 4.39 Å². The number of allylic oxidation sites excluding steroid dienone is 2. The lowest BCUT2D eigenvalue weighted by atomic mass is 9.74. The highest BCUT2D eigenvalue weighted by Gasteiger charge is 2.47. The van der Waals surface area contributed by atoms with E-state index in [9.17, 15) is 14.4 Å². The number of halogens is 1. The zero-order chi connectivity index (χ0) is 20.3. The predicted octanol–water partition coefficient (Wildman–Crippen LogP) is 4.50. The summed E-state index contributed by atoms with van der Waals surface area (Å²) in [5, 5.41) is 9.47. The molecule has 1 aliphatic carbocycles. The Kier molecular flexibility index (Phi) is 5.75. The maximum absolute atomic E-state index is 14.3. The van der Waals surface area contributed by atoms with Crippen molar-refractivity contribution < 1.29 is 14.4 Å². The molecule has 146 valence electrons. The smallest absolute Gasteiger partial charge is 0.254 e. The van der Waals surface area contributed by atoms with Gasteiger partial charge in [-0.25, -0.2) is 9.87 Å². The number of amides is 1. The molecule has 0 saturated carbocycles. The Bertz CT molecular complexity index is 950. The second kappa shape index (κ2) is 8.07. The van der Waals surface area contributed by atoms with Gasteiger partial charge in [0.05, 0.1) is 11.1 Å². The molecule has 0 unspecified atom stereocenters. The van der Waals surface area contributed by atoms with Crippen LogP contribution in [-0.4, -0.2) is 23.4 Å². The van der Waals surface area contributed by atoms with Crippen molar-refractivity contribution in [3.05, 3.63) is 82.2 Å². The van der Waals surface area contributed by atoms with E-state index in [0.29, 0.717) is 30.5 Å². The number of hydroxylamine groups is 1. The Morgan fingerprint density at radius 2 is 1.86 bits per heavy atom. The second-order valence-electron chi connectivity index (χ2n) is 7.24. The molecule has 0 aromatic heterocycles. The summed E-state index contributed by atoms with van der Waals surface area (Å²) in [6.45, 7) is 6.23. The molecule has 2 aromatic rings. The van der Waals surface area contributed by atoms with E-state index in [2.05, 4.69) is 0 Å². The summed E-state index contributed by atoms with van der Waals surface area (Å²) in [5.74, 6) is -0.890. The fourth-order valence-corrected chi connectivity index (χ4v) is 4.18. The summed E-state index contributed by atoms with van der Waals surface area (Å²) in [6.07, 6.45) is 0.748. The number of aliphatic imine (C=N–C) groups is 1. The van der Waals surface area contributed by atoms with E-state index in [1.165, 1.54) is 6.07 Å². The molecule has 2 N–H and O–H groups in total. The van der Waals surface area contributed by atoms with Gasteiger partial charge in [-0.2, -0.15) is 0 Å². The number of carbonyl (C=O) groups excluding carboxylic acids is 1. The molecular formula is C23H25FN2O2. The molecule has 1 amide bonds. The molecular weight excluding hydrogens is 355 g/mol. The summed E-state index contributed by atoms with van der Waals surface area (Å²) in [5.41, 5.74) is 5.59. The first-order chi connectivity index (χ1) is 13.4. The zero-order valence-corrected chi connectivity index (χ0v) is 16.4. The summed E-state index contributed by atoms with van der Waals surface area (Å²) in [4.78, 5) is 17.6. The van der Waals surface area contributed by atoms with Crippen LogP contribution in [0, 0.1) is 12.7 Å². The molecule has 1 aliphatic rings. The molecule has 0 spiro atoms. The van der Waals surface area contributed by atoms with E-state index in [-0.39, 0.29) is 5.82 Å². The SMILES string of the molecule is CCN=C(C1=C(C)C[C@@](C(=O)NO)(c2cccc(F)c2C)C1)c1ccccc1. The molecule has 28 heavy (non-hydrogen) atoms. The number of nitrogens with one attached hydrogen (secondary N) is 1. The van der Waals surface area contributed by atoms with E-state index < -0.39 is 11.3 Å². The third-order valence-corrected chi connectivity index (χ3v) is 5.53. The van der Waals surface area contributed by atoms with Crippen LogP contribution in [0.1, 0.15) is 43.4 Å². The Balaban J connectivity index is 2.12. The van der Waals surface area contributed by atoms with Crippen molar-refractivity contribution in [2.75, 3.05) is 6.54 Å². The van der Waals surface area contributed by atoms with Gasteiger partial charge in [0.15, 0.2) is 0 Å². The van der Waals surface area contributed by atoms with Gasteiger partial charge >= 0.3 is 0 Å². The highest BCUT2D eigenvalue weighted by Crippen LogP contribution is 2.47. The van der Waals surface area contributed by atoms with E-state index >= 15 is 0 Å². The third kappa shape index (κ3) is 3.38.